The van der Waals surface area contributed by atoms with Crippen molar-refractivity contribution in [2.45, 2.75) is 25.4 Å². The van der Waals surface area contributed by atoms with Gasteiger partial charge in [-0.3, -0.25) is 4.90 Å². The average Bonchev–Trinajstić information content (AvgIpc) is 2.68. The number of rotatable bonds is 7. The lowest BCUT2D eigenvalue weighted by Gasteiger charge is -2.38. The van der Waals surface area contributed by atoms with Crippen LogP contribution in [0, 0.1) is 0 Å². The molecule has 2 aromatic carbocycles. The Morgan fingerprint density at radius 3 is 2.33 bits per heavy atom. The molecular weight excluding hydrogens is 362 g/mol. The van der Waals surface area contributed by atoms with Crippen LogP contribution in [0.15, 0.2) is 48.5 Å². The molecule has 1 aliphatic heterocycles. The highest BCUT2D eigenvalue weighted by Gasteiger charge is 2.36. The minimum atomic E-state index is -1.03. The molecule has 0 spiro atoms. The maximum absolute atomic E-state index is 11.6. The molecule has 1 saturated heterocycles. The zero-order valence-electron chi connectivity index (χ0n) is 16.0. The van der Waals surface area contributed by atoms with E-state index < -0.39 is 5.60 Å². The van der Waals surface area contributed by atoms with Gasteiger partial charge in [-0.2, -0.15) is 0 Å². The van der Waals surface area contributed by atoms with Crippen LogP contribution < -0.4 is 4.74 Å². The van der Waals surface area contributed by atoms with Crippen LogP contribution in [-0.2, 0) is 10.3 Å². The third-order valence-corrected chi connectivity index (χ3v) is 5.50. The summed E-state index contributed by atoms with van der Waals surface area (Å²) in [5, 5.41) is 12.3. The number of hydrogen-bond donors (Lipinski definition) is 1. The second-order valence-corrected chi connectivity index (χ2v) is 7.56. The molecule has 27 heavy (non-hydrogen) atoms. The van der Waals surface area contributed by atoms with Crippen LogP contribution >= 0.6 is 11.6 Å². The van der Waals surface area contributed by atoms with Crippen LogP contribution in [0.25, 0.3) is 0 Å². The molecule has 0 amide bonds. The number of hydrogen-bond acceptors (Lipinski definition) is 4. The third kappa shape index (κ3) is 5.02. The van der Waals surface area contributed by atoms with Crippen LogP contribution in [0.2, 0.25) is 5.02 Å². The molecule has 0 saturated carbocycles. The summed E-state index contributed by atoms with van der Waals surface area (Å²) < 4.78 is 11.0. The van der Waals surface area contributed by atoms with Crippen molar-refractivity contribution in [1.82, 2.24) is 4.90 Å². The Bertz CT molecular complexity index is 709. The van der Waals surface area contributed by atoms with Crippen molar-refractivity contribution in [3.63, 3.8) is 0 Å². The van der Waals surface area contributed by atoms with Gasteiger partial charge in [-0.15, -0.1) is 0 Å². The number of benzene rings is 2. The summed E-state index contributed by atoms with van der Waals surface area (Å²) in [5.41, 5.74) is 0.917. The second-order valence-electron chi connectivity index (χ2n) is 7.12. The van der Waals surface area contributed by atoms with E-state index in [0.717, 1.165) is 49.7 Å². The van der Waals surface area contributed by atoms with Gasteiger partial charge in [0.2, 0.25) is 0 Å². The number of ether oxygens (including phenoxy) is 2. The Hall–Kier alpha value is -1.59. The average molecular weight is 390 g/mol. The Labute approximate surface area is 166 Å². The zero-order valence-corrected chi connectivity index (χ0v) is 16.8. The van der Waals surface area contributed by atoms with Crippen molar-refractivity contribution < 1.29 is 14.6 Å². The van der Waals surface area contributed by atoms with Gasteiger partial charge in [0.25, 0.3) is 0 Å². The highest BCUT2D eigenvalue weighted by atomic mass is 35.5. The second kappa shape index (κ2) is 9.07. The van der Waals surface area contributed by atoms with Gasteiger partial charge in [-0.1, -0.05) is 35.9 Å². The van der Waals surface area contributed by atoms with Crippen molar-refractivity contribution in [3.8, 4) is 5.75 Å². The van der Waals surface area contributed by atoms with Crippen molar-refractivity contribution >= 4 is 11.6 Å². The first-order valence-electron chi connectivity index (χ1n) is 9.52. The Morgan fingerprint density at radius 2 is 1.74 bits per heavy atom. The molecule has 1 aliphatic rings. The number of aliphatic hydroxyl groups is 1. The Morgan fingerprint density at radius 1 is 1.11 bits per heavy atom. The summed E-state index contributed by atoms with van der Waals surface area (Å²) in [6.07, 6.45) is 0. The van der Waals surface area contributed by atoms with E-state index in [2.05, 4.69) is 4.90 Å². The largest absolute Gasteiger partial charge is 0.494 e. The lowest BCUT2D eigenvalue weighted by molar-refractivity contribution is -0.0107. The lowest BCUT2D eigenvalue weighted by Crippen LogP contribution is -2.43. The lowest BCUT2D eigenvalue weighted by atomic mass is 9.78. The van der Waals surface area contributed by atoms with E-state index in [1.165, 1.54) is 0 Å². The van der Waals surface area contributed by atoms with E-state index in [1.54, 1.807) is 0 Å². The van der Waals surface area contributed by atoms with Gasteiger partial charge < -0.3 is 14.6 Å². The van der Waals surface area contributed by atoms with Crippen molar-refractivity contribution in [2.75, 3.05) is 39.5 Å². The SMILES string of the molecule is CCOc1ccc([C@@](C)(O)[C@@H](CN2CCOCC2)c2ccc(Cl)cc2)cc1. The molecule has 1 heterocycles. The van der Waals surface area contributed by atoms with Crippen LogP contribution in [0.4, 0.5) is 0 Å². The predicted octanol–water partition coefficient (Wildman–Crippen LogP) is 4.06. The van der Waals surface area contributed by atoms with Gasteiger partial charge in [0.1, 0.15) is 5.75 Å². The molecule has 3 rings (SSSR count). The molecule has 0 aliphatic carbocycles. The number of morpholine rings is 1. The molecule has 2 atom stereocenters. The first-order valence-corrected chi connectivity index (χ1v) is 9.89. The number of halogens is 1. The monoisotopic (exact) mass is 389 g/mol. The van der Waals surface area contributed by atoms with Crippen molar-refractivity contribution in [3.05, 3.63) is 64.7 Å². The van der Waals surface area contributed by atoms with Crippen LogP contribution in [-0.4, -0.2) is 49.5 Å². The summed E-state index contributed by atoms with van der Waals surface area (Å²) in [6.45, 7) is 8.46. The molecule has 1 N–H and O–H groups in total. The maximum atomic E-state index is 11.6. The fraction of sp³-hybridized carbons (Fsp3) is 0.455. The summed E-state index contributed by atoms with van der Waals surface area (Å²) in [6, 6.07) is 15.5. The molecular formula is C22H28ClNO3. The van der Waals surface area contributed by atoms with E-state index in [9.17, 15) is 5.11 Å². The Kier molecular flexibility index (Phi) is 6.77. The first kappa shape index (κ1) is 20.2. The van der Waals surface area contributed by atoms with Crippen LogP contribution in [0.1, 0.15) is 30.9 Å². The first-order chi connectivity index (χ1) is 13.0. The van der Waals surface area contributed by atoms with Crippen LogP contribution in [0.3, 0.4) is 0 Å². The summed E-state index contributed by atoms with van der Waals surface area (Å²) in [4.78, 5) is 2.35. The molecule has 146 valence electrons. The summed E-state index contributed by atoms with van der Waals surface area (Å²) in [5.74, 6) is 0.721. The highest BCUT2D eigenvalue weighted by Crippen LogP contribution is 2.38. The maximum Gasteiger partial charge on any atom is 0.119 e. The van der Waals surface area contributed by atoms with Gasteiger partial charge >= 0.3 is 0 Å². The van der Waals surface area contributed by atoms with Crippen molar-refractivity contribution in [1.29, 1.82) is 0 Å². The molecule has 0 unspecified atom stereocenters. The topological polar surface area (TPSA) is 41.9 Å². The zero-order chi connectivity index (χ0) is 19.3. The quantitative estimate of drug-likeness (QED) is 0.775. The molecule has 1 fully saturated rings. The van der Waals surface area contributed by atoms with Gasteiger partial charge in [-0.05, 0) is 49.2 Å². The summed E-state index contributed by atoms with van der Waals surface area (Å²) >= 11 is 6.08. The van der Waals surface area contributed by atoms with E-state index >= 15 is 0 Å². The fourth-order valence-electron chi connectivity index (χ4n) is 3.60. The number of nitrogens with zero attached hydrogens (tertiary/aromatic N) is 1. The smallest absolute Gasteiger partial charge is 0.119 e. The standard InChI is InChI=1S/C22H28ClNO3/c1-3-27-20-10-6-18(7-11-20)22(2,25)21(16-24-12-14-26-15-13-24)17-4-8-19(23)9-5-17/h4-11,21,25H,3,12-16H2,1-2H3/t21-,22+/m0/s1. The van der Waals surface area contributed by atoms with Gasteiger partial charge in [0, 0.05) is 30.6 Å². The normalized spacial score (nSPS) is 18.7. The minimum absolute atomic E-state index is 0.0918. The summed E-state index contributed by atoms with van der Waals surface area (Å²) in [7, 11) is 0. The molecule has 4 nitrogen and oxygen atoms in total. The van der Waals surface area contributed by atoms with E-state index in [-0.39, 0.29) is 5.92 Å². The fourth-order valence-corrected chi connectivity index (χ4v) is 3.73. The van der Waals surface area contributed by atoms with E-state index in [4.69, 9.17) is 21.1 Å². The molecule has 0 aromatic heterocycles. The van der Waals surface area contributed by atoms with Gasteiger partial charge in [0.05, 0.1) is 25.4 Å². The van der Waals surface area contributed by atoms with Gasteiger partial charge in [-0.25, -0.2) is 0 Å². The third-order valence-electron chi connectivity index (χ3n) is 5.25. The molecule has 0 bridgehead atoms. The van der Waals surface area contributed by atoms with Crippen molar-refractivity contribution in [2.24, 2.45) is 0 Å². The van der Waals surface area contributed by atoms with Crippen LogP contribution in [0.5, 0.6) is 5.75 Å². The minimum Gasteiger partial charge on any atom is -0.494 e. The molecule has 0 radical (unpaired) electrons. The Balaban J connectivity index is 1.90. The molecule has 2 aromatic rings. The van der Waals surface area contributed by atoms with Gasteiger partial charge in [0.15, 0.2) is 0 Å². The van der Waals surface area contributed by atoms with E-state index in [1.807, 2.05) is 62.4 Å². The predicted molar refractivity (Wildman–Crippen MR) is 109 cm³/mol. The van der Waals surface area contributed by atoms with E-state index in [0.29, 0.717) is 11.6 Å². The molecule has 5 heteroatoms. The highest BCUT2D eigenvalue weighted by molar-refractivity contribution is 6.30.